The molecule has 1 amide bonds. The van der Waals surface area contributed by atoms with E-state index in [2.05, 4.69) is 5.32 Å². The highest BCUT2D eigenvalue weighted by Gasteiger charge is 2.31. The zero-order chi connectivity index (χ0) is 14.4. The van der Waals surface area contributed by atoms with Crippen LogP contribution in [0.4, 0.5) is 0 Å². The van der Waals surface area contributed by atoms with Gasteiger partial charge in [-0.1, -0.05) is 30.3 Å². The molecule has 0 radical (unpaired) electrons. The second-order valence-corrected chi connectivity index (χ2v) is 5.03. The number of nitrogens with one attached hydrogen (secondary N) is 1. The first-order chi connectivity index (χ1) is 9.68. The standard InChI is InChI=1S/C15H20N2O3/c18-14(11-16-10-12-6-2-1-3-7-12)17-9-5-4-8-13(17)15(19)20/h1-3,6-7,13,16H,4-5,8-11H2,(H,19,20)/t13-/m0/s1. The van der Waals surface area contributed by atoms with Crippen molar-refractivity contribution < 1.29 is 14.7 Å². The molecule has 5 heteroatoms. The van der Waals surface area contributed by atoms with Gasteiger partial charge in [0.05, 0.1) is 6.54 Å². The topological polar surface area (TPSA) is 69.6 Å². The van der Waals surface area contributed by atoms with Crippen molar-refractivity contribution in [3.63, 3.8) is 0 Å². The predicted molar refractivity (Wildman–Crippen MR) is 75.1 cm³/mol. The Bertz CT molecular complexity index is 461. The van der Waals surface area contributed by atoms with Gasteiger partial charge in [-0.05, 0) is 24.8 Å². The molecule has 1 aromatic rings. The molecular weight excluding hydrogens is 256 g/mol. The van der Waals surface area contributed by atoms with Crippen molar-refractivity contribution in [2.45, 2.75) is 31.8 Å². The molecule has 0 spiro atoms. The van der Waals surface area contributed by atoms with Gasteiger partial charge in [0.2, 0.25) is 5.91 Å². The van der Waals surface area contributed by atoms with E-state index in [4.69, 9.17) is 5.11 Å². The summed E-state index contributed by atoms with van der Waals surface area (Å²) < 4.78 is 0. The van der Waals surface area contributed by atoms with Crippen LogP contribution >= 0.6 is 0 Å². The molecule has 1 aliphatic heterocycles. The van der Waals surface area contributed by atoms with Crippen molar-refractivity contribution in [1.82, 2.24) is 10.2 Å². The van der Waals surface area contributed by atoms with Crippen molar-refractivity contribution in [3.8, 4) is 0 Å². The summed E-state index contributed by atoms with van der Waals surface area (Å²) in [7, 11) is 0. The van der Waals surface area contributed by atoms with E-state index in [1.807, 2.05) is 30.3 Å². The summed E-state index contributed by atoms with van der Waals surface area (Å²) in [6.45, 7) is 1.33. The number of nitrogens with zero attached hydrogens (tertiary/aromatic N) is 1. The second kappa shape index (κ2) is 7.05. The first-order valence-corrected chi connectivity index (χ1v) is 6.95. The lowest BCUT2D eigenvalue weighted by atomic mass is 10.0. The number of carboxylic acid groups (broad SMARTS) is 1. The predicted octanol–water partition coefficient (Wildman–Crippen LogP) is 1.24. The first kappa shape index (κ1) is 14.5. The number of rotatable bonds is 5. The molecule has 2 N–H and O–H groups in total. The second-order valence-electron chi connectivity index (χ2n) is 5.03. The first-order valence-electron chi connectivity index (χ1n) is 6.95. The van der Waals surface area contributed by atoms with Crippen molar-refractivity contribution in [3.05, 3.63) is 35.9 Å². The van der Waals surface area contributed by atoms with E-state index >= 15 is 0 Å². The van der Waals surface area contributed by atoms with Crippen LogP contribution in [-0.4, -0.2) is 41.0 Å². The SMILES string of the molecule is O=C(O)[C@@H]1CCCCN1C(=O)CNCc1ccccc1. The Morgan fingerprint density at radius 3 is 2.70 bits per heavy atom. The largest absolute Gasteiger partial charge is 0.480 e. The van der Waals surface area contributed by atoms with Gasteiger partial charge >= 0.3 is 5.97 Å². The van der Waals surface area contributed by atoms with E-state index < -0.39 is 12.0 Å². The quantitative estimate of drug-likeness (QED) is 0.849. The maximum atomic E-state index is 12.1. The van der Waals surface area contributed by atoms with Gasteiger partial charge in [0, 0.05) is 13.1 Å². The van der Waals surface area contributed by atoms with Crippen LogP contribution in [0.1, 0.15) is 24.8 Å². The number of amides is 1. The Labute approximate surface area is 118 Å². The zero-order valence-electron chi connectivity index (χ0n) is 11.4. The van der Waals surface area contributed by atoms with Gasteiger partial charge in [-0.25, -0.2) is 4.79 Å². The molecule has 1 saturated heterocycles. The summed E-state index contributed by atoms with van der Waals surface area (Å²) in [6.07, 6.45) is 2.31. The van der Waals surface area contributed by atoms with Crippen molar-refractivity contribution in [2.75, 3.05) is 13.1 Å². The number of hydrogen-bond donors (Lipinski definition) is 2. The minimum absolute atomic E-state index is 0.131. The van der Waals surface area contributed by atoms with E-state index in [0.717, 1.165) is 18.4 Å². The molecule has 5 nitrogen and oxygen atoms in total. The smallest absolute Gasteiger partial charge is 0.326 e. The van der Waals surface area contributed by atoms with E-state index in [1.54, 1.807) is 0 Å². The summed E-state index contributed by atoms with van der Waals surface area (Å²) >= 11 is 0. The molecule has 0 aromatic heterocycles. The van der Waals surface area contributed by atoms with Crippen LogP contribution in [0.15, 0.2) is 30.3 Å². The summed E-state index contributed by atoms with van der Waals surface area (Å²) in [6, 6.07) is 9.15. The third-order valence-corrected chi connectivity index (χ3v) is 3.56. The maximum absolute atomic E-state index is 12.1. The van der Waals surface area contributed by atoms with Crippen LogP contribution in [0.5, 0.6) is 0 Å². The molecule has 108 valence electrons. The Kier molecular flexibility index (Phi) is 5.12. The molecule has 2 rings (SSSR count). The molecule has 0 aliphatic carbocycles. The molecule has 1 fully saturated rings. The Hall–Kier alpha value is -1.88. The van der Waals surface area contributed by atoms with Crippen LogP contribution in [0.25, 0.3) is 0 Å². The van der Waals surface area contributed by atoms with Gasteiger partial charge < -0.3 is 15.3 Å². The van der Waals surface area contributed by atoms with E-state index in [0.29, 0.717) is 19.5 Å². The van der Waals surface area contributed by atoms with Crippen molar-refractivity contribution in [2.24, 2.45) is 0 Å². The molecule has 1 aliphatic rings. The number of aliphatic carboxylic acids is 1. The summed E-state index contributed by atoms with van der Waals surface area (Å²) in [5.74, 6) is -1.03. The lowest BCUT2D eigenvalue weighted by molar-refractivity contribution is -0.151. The normalized spacial score (nSPS) is 18.8. The monoisotopic (exact) mass is 276 g/mol. The van der Waals surface area contributed by atoms with Gasteiger partial charge in [0.15, 0.2) is 0 Å². The molecule has 20 heavy (non-hydrogen) atoms. The summed E-state index contributed by atoms with van der Waals surface area (Å²) in [4.78, 5) is 24.7. The van der Waals surface area contributed by atoms with Crippen molar-refractivity contribution in [1.29, 1.82) is 0 Å². The Balaban J connectivity index is 1.83. The molecule has 0 bridgehead atoms. The highest BCUT2D eigenvalue weighted by molar-refractivity contribution is 5.85. The minimum Gasteiger partial charge on any atom is -0.480 e. The molecule has 1 aromatic carbocycles. The molecule has 0 saturated carbocycles. The number of carbonyl (C=O) groups excluding carboxylic acids is 1. The average Bonchev–Trinajstić information content (AvgIpc) is 2.48. The third-order valence-electron chi connectivity index (χ3n) is 3.56. The van der Waals surface area contributed by atoms with E-state index in [9.17, 15) is 9.59 Å². The maximum Gasteiger partial charge on any atom is 0.326 e. The molecule has 1 atom stereocenters. The number of benzene rings is 1. The van der Waals surface area contributed by atoms with Crippen LogP contribution in [0.2, 0.25) is 0 Å². The number of carbonyl (C=O) groups is 2. The van der Waals surface area contributed by atoms with E-state index in [1.165, 1.54) is 4.90 Å². The highest BCUT2D eigenvalue weighted by Crippen LogP contribution is 2.17. The third kappa shape index (κ3) is 3.81. The fourth-order valence-corrected chi connectivity index (χ4v) is 2.50. The van der Waals surface area contributed by atoms with E-state index in [-0.39, 0.29) is 12.5 Å². The van der Waals surface area contributed by atoms with Gasteiger partial charge in [0.1, 0.15) is 6.04 Å². The lowest BCUT2D eigenvalue weighted by Gasteiger charge is -2.33. The van der Waals surface area contributed by atoms with Crippen molar-refractivity contribution >= 4 is 11.9 Å². The lowest BCUT2D eigenvalue weighted by Crippen LogP contribution is -2.50. The fraction of sp³-hybridized carbons (Fsp3) is 0.467. The molecular formula is C15H20N2O3. The zero-order valence-corrected chi connectivity index (χ0v) is 11.4. The Morgan fingerprint density at radius 2 is 2.00 bits per heavy atom. The fourth-order valence-electron chi connectivity index (χ4n) is 2.50. The highest BCUT2D eigenvalue weighted by atomic mass is 16.4. The van der Waals surface area contributed by atoms with Crippen LogP contribution in [0.3, 0.4) is 0 Å². The number of carboxylic acids is 1. The number of piperidine rings is 1. The van der Waals surface area contributed by atoms with Gasteiger partial charge in [-0.15, -0.1) is 0 Å². The van der Waals surface area contributed by atoms with Gasteiger partial charge in [-0.2, -0.15) is 0 Å². The number of likely N-dealkylation sites (tertiary alicyclic amines) is 1. The number of hydrogen-bond acceptors (Lipinski definition) is 3. The van der Waals surface area contributed by atoms with Crippen LogP contribution in [0, 0.1) is 0 Å². The van der Waals surface area contributed by atoms with Gasteiger partial charge in [-0.3, -0.25) is 4.79 Å². The van der Waals surface area contributed by atoms with Crippen LogP contribution in [-0.2, 0) is 16.1 Å². The van der Waals surface area contributed by atoms with Gasteiger partial charge in [0.25, 0.3) is 0 Å². The Morgan fingerprint density at radius 1 is 1.25 bits per heavy atom. The minimum atomic E-state index is -0.902. The average molecular weight is 276 g/mol. The molecule has 0 unspecified atom stereocenters. The van der Waals surface area contributed by atoms with Crippen LogP contribution < -0.4 is 5.32 Å². The summed E-state index contributed by atoms with van der Waals surface area (Å²) in [5.41, 5.74) is 1.11. The summed E-state index contributed by atoms with van der Waals surface area (Å²) in [5, 5.41) is 12.2. The molecule has 1 heterocycles.